The van der Waals surface area contributed by atoms with E-state index in [0.29, 0.717) is 17.6 Å². The molecular formula is C10H10O4. The molecule has 4 nitrogen and oxygen atoms in total. The molecule has 1 aromatic rings. The number of benzene rings is 1. The minimum atomic E-state index is -1.10. The van der Waals surface area contributed by atoms with Crippen molar-refractivity contribution in [3.8, 4) is 5.75 Å². The Bertz CT molecular complexity index is 382. The summed E-state index contributed by atoms with van der Waals surface area (Å²) < 4.78 is 4.92. The number of carbonyl (C=O) groups is 2. The third kappa shape index (κ3) is 1.74. The molecule has 0 amide bonds. The van der Waals surface area contributed by atoms with Crippen molar-refractivity contribution in [2.24, 2.45) is 0 Å². The molecule has 0 unspecified atom stereocenters. The third-order valence-electron chi connectivity index (χ3n) is 1.92. The van der Waals surface area contributed by atoms with Gasteiger partial charge in [0.15, 0.2) is 6.29 Å². The number of aryl methyl sites for hydroxylation is 1. The zero-order chi connectivity index (χ0) is 10.7. The molecule has 74 valence electrons. The van der Waals surface area contributed by atoms with E-state index in [1.54, 1.807) is 13.0 Å². The molecule has 14 heavy (non-hydrogen) atoms. The summed E-state index contributed by atoms with van der Waals surface area (Å²) in [6.45, 7) is 1.62. The number of hydrogen-bond donors (Lipinski definition) is 1. The van der Waals surface area contributed by atoms with Crippen molar-refractivity contribution in [2.75, 3.05) is 7.11 Å². The fourth-order valence-electron chi connectivity index (χ4n) is 1.28. The predicted octanol–water partition coefficient (Wildman–Crippen LogP) is 1.51. The topological polar surface area (TPSA) is 63.6 Å². The van der Waals surface area contributed by atoms with E-state index in [9.17, 15) is 9.59 Å². The first-order valence-electron chi connectivity index (χ1n) is 3.97. The van der Waals surface area contributed by atoms with Crippen LogP contribution in [0.5, 0.6) is 5.75 Å². The second-order valence-electron chi connectivity index (χ2n) is 2.83. The monoisotopic (exact) mass is 194 g/mol. The summed E-state index contributed by atoms with van der Waals surface area (Å²) in [4.78, 5) is 21.4. The Hall–Kier alpha value is -1.84. The van der Waals surface area contributed by atoms with Crippen LogP contribution in [0.15, 0.2) is 12.1 Å². The molecule has 1 rings (SSSR count). The summed E-state index contributed by atoms with van der Waals surface area (Å²) >= 11 is 0. The lowest BCUT2D eigenvalue weighted by Crippen LogP contribution is -2.05. The Labute approximate surface area is 81.1 Å². The highest BCUT2D eigenvalue weighted by Crippen LogP contribution is 2.20. The average molecular weight is 194 g/mol. The fraction of sp³-hybridized carbons (Fsp3) is 0.200. The van der Waals surface area contributed by atoms with Gasteiger partial charge in [0.05, 0.1) is 12.7 Å². The first-order valence-corrected chi connectivity index (χ1v) is 3.97. The molecule has 0 aliphatic rings. The standard InChI is InChI=1S/C10H10O4/c1-6-3-8(14-2)4-7(5-11)9(6)10(12)13/h3-5H,1-2H3,(H,12,13). The third-order valence-corrected chi connectivity index (χ3v) is 1.92. The zero-order valence-electron chi connectivity index (χ0n) is 7.90. The molecule has 0 radical (unpaired) electrons. The minimum Gasteiger partial charge on any atom is -0.497 e. The number of aldehydes is 1. The molecule has 0 spiro atoms. The van der Waals surface area contributed by atoms with Crippen LogP contribution in [0.1, 0.15) is 26.3 Å². The van der Waals surface area contributed by atoms with Crippen LogP contribution >= 0.6 is 0 Å². The van der Waals surface area contributed by atoms with Crippen molar-refractivity contribution in [2.45, 2.75) is 6.92 Å². The Morgan fingerprint density at radius 3 is 2.57 bits per heavy atom. The highest BCUT2D eigenvalue weighted by molar-refractivity contribution is 5.98. The van der Waals surface area contributed by atoms with Crippen LogP contribution in [-0.2, 0) is 0 Å². The van der Waals surface area contributed by atoms with E-state index in [1.807, 2.05) is 0 Å². The molecular weight excluding hydrogens is 184 g/mol. The number of carboxylic acid groups (broad SMARTS) is 1. The quantitative estimate of drug-likeness (QED) is 0.741. The molecule has 0 atom stereocenters. The Kier molecular flexibility index (Phi) is 2.86. The van der Waals surface area contributed by atoms with E-state index in [1.165, 1.54) is 13.2 Å². The maximum Gasteiger partial charge on any atom is 0.336 e. The van der Waals surface area contributed by atoms with Gasteiger partial charge in [-0.1, -0.05) is 0 Å². The molecule has 0 heterocycles. The van der Waals surface area contributed by atoms with Gasteiger partial charge in [-0.15, -0.1) is 0 Å². The summed E-state index contributed by atoms with van der Waals surface area (Å²) in [6, 6.07) is 2.99. The maximum atomic E-state index is 10.8. The SMILES string of the molecule is COc1cc(C)c(C(=O)O)c(C=O)c1. The Morgan fingerprint density at radius 1 is 1.50 bits per heavy atom. The second kappa shape index (κ2) is 3.91. The summed E-state index contributed by atoms with van der Waals surface area (Å²) in [5, 5.41) is 8.84. The van der Waals surface area contributed by atoms with Crippen molar-refractivity contribution in [3.05, 3.63) is 28.8 Å². The van der Waals surface area contributed by atoms with Crippen LogP contribution in [-0.4, -0.2) is 24.5 Å². The van der Waals surface area contributed by atoms with E-state index >= 15 is 0 Å². The van der Waals surface area contributed by atoms with Crippen molar-refractivity contribution >= 4 is 12.3 Å². The Morgan fingerprint density at radius 2 is 2.14 bits per heavy atom. The van der Waals surface area contributed by atoms with Crippen molar-refractivity contribution < 1.29 is 19.4 Å². The van der Waals surface area contributed by atoms with Crippen molar-refractivity contribution in [3.63, 3.8) is 0 Å². The molecule has 4 heteroatoms. The summed E-state index contributed by atoms with van der Waals surface area (Å²) in [7, 11) is 1.46. The maximum absolute atomic E-state index is 10.8. The van der Waals surface area contributed by atoms with Crippen LogP contribution in [0.3, 0.4) is 0 Å². The van der Waals surface area contributed by atoms with Gasteiger partial charge in [-0.05, 0) is 24.6 Å². The van der Waals surface area contributed by atoms with Gasteiger partial charge in [-0.3, -0.25) is 4.79 Å². The van der Waals surface area contributed by atoms with Gasteiger partial charge in [0.2, 0.25) is 0 Å². The highest BCUT2D eigenvalue weighted by Gasteiger charge is 2.14. The number of rotatable bonds is 3. The van der Waals surface area contributed by atoms with Gasteiger partial charge < -0.3 is 9.84 Å². The first-order chi connectivity index (χ1) is 6.60. The highest BCUT2D eigenvalue weighted by atomic mass is 16.5. The van der Waals surface area contributed by atoms with E-state index in [2.05, 4.69) is 0 Å². The van der Waals surface area contributed by atoms with Gasteiger partial charge >= 0.3 is 5.97 Å². The van der Waals surface area contributed by atoms with Crippen molar-refractivity contribution in [1.29, 1.82) is 0 Å². The van der Waals surface area contributed by atoms with Crippen LogP contribution in [0.25, 0.3) is 0 Å². The minimum absolute atomic E-state index is 0.0285. The number of aromatic carboxylic acids is 1. The van der Waals surface area contributed by atoms with Gasteiger partial charge in [0, 0.05) is 5.56 Å². The average Bonchev–Trinajstić information content (AvgIpc) is 2.15. The normalized spacial score (nSPS) is 9.57. The lowest BCUT2D eigenvalue weighted by molar-refractivity contribution is 0.0693. The molecule has 0 aliphatic carbocycles. The van der Waals surface area contributed by atoms with Gasteiger partial charge in [0.25, 0.3) is 0 Å². The number of carboxylic acids is 1. The summed E-state index contributed by atoms with van der Waals surface area (Å²) in [5.41, 5.74) is 0.675. The van der Waals surface area contributed by atoms with Gasteiger partial charge in [-0.25, -0.2) is 4.79 Å². The largest absolute Gasteiger partial charge is 0.497 e. The number of carbonyl (C=O) groups excluding carboxylic acids is 1. The molecule has 0 saturated heterocycles. The molecule has 0 saturated carbocycles. The summed E-state index contributed by atoms with van der Waals surface area (Å²) in [6.07, 6.45) is 0.513. The van der Waals surface area contributed by atoms with E-state index in [4.69, 9.17) is 9.84 Å². The summed E-state index contributed by atoms with van der Waals surface area (Å²) in [5.74, 6) is -0.623. The molecule has 0 bridgehead atoms. The van der Waals surface area contributed by atoms with Crippen LogP contribution in [0, 0.1) is 6.92 Å². The lowest BCUT2D eigenvalue weighted by Gasteiger charge is -2.07. The first kappa shape index (κ1) is 10.2. The molecule has 0 aliphatic heterocycles. The van der Waals surface area contributed by atoms with E-state index < -0.39 is 5.97 Å². The predicted molar refractivity (Wildman–Crippen MR) is 50.1 cm³/mol. The van der Waals surface area contributed by atoms with E-state index in [-0.39, 0.29) is 11.1 Å². The van der Waals surface area contributed by atoms with E-state index in [0.717, 1.165) is 0 Å². The number of hydrogen-bond acceptors (Lipinski definition) is 3. The van der Waals surface area contributed by atoms with Gasteiger partial charge in [0.1, 0.15) is 5.75 Å². The van der Waals surface area contributed by atoms with Crippen molar-refractivity contribution in [1.82, 2.24) is 0 Å². The lowest BCUT2D eigenvalue weighted by atomic mass is 10.0. The Balaban J connectivity index is 3.42. The van der Waals surface area contributed by atoms with Gasteiger partial charge in [-0.2, -0.15) is 0 Å². The molecule has 0 fully saturated rings. The smallest absolute Gasteiger partial charge is 0.336 e. The molecule has 1 N–H and O–H groups in total. The van der Waals surface area contributed by atoms with Crippen LogP contribution in [0.4, 0.5) is 0 Å². The molecule has 1 aromatic carbocycles. The number of ether oxygens (including phenoxy) is 1. The number of methoxy groups -OCH3 is 1. The zero-order valence-corrected chi connectivity index (χ0v) is 7.90. The fourth-order valence-corrected chi connectivity index (χ4v) is 1.28. The van der Waals surface area contributed by atoms with Crippen LogP contribution < -0.4 is 4.74 Å². The van der Waals surface area contributed by atoms with Crippen LogP contribution in [0.2, 0.25) is 0 Å². The second-order valence-corrected chi connectivity index (χ2v) is 2.83. The molecule has 0 aromatic heterocycles.